The zero-order valence-corrected chi connectivity index (χ0v) is 77.3. The molecule has 10 aromatic rings. The number of nitrogens with one attached hydrogen (secondary N) is 4. The lowest BCUT2D eigenvalue weighted by atomic mass is 9.77. The molecule has 688 valence electrons. The highest BCUT2D eigenvalue weighted by Crippen LogP contribution is 2.43. The molecule has 6 amide bonds. The van der Waals surface area contributed by atoms with Crippen molar-refractivity contribution in [2.75, 3.05) is 74.1 Å². The number of rotatable bonds is 28. The molecule has 5 aliphatic heterocycles. The van der Waals surface area contributed by atoms with Crippen LogP contribution in [0.1, 0.15) is 153 Å². The Hall–Kier alpha value is -12.0. The summed E-state index contributed by atoms with van der Waals surface area (Å²) in [6.45, 7) is 20.0. The second kappa shape index (κ2) is 38.8. The van der Waals surface area contributed by atoms with E-state index in [1.165, 1.54) is 9.80 Å². The van der Waals surface area contributed by atoms with Gasteiger partial charge >= 0.3 is 0 Å². The van der Waals surface area contributed by atoms with Gasteiger partial charge in [-0.25, -0.2) is 29.7 Å². The summed E-state index contributed by atoms with van der Waals surface area (Å²) in [5.41, 5.74) is 25.8. The van der Waals surface area contributed by atoms with Gasteiger partial charge < -0.3 is 72.3 Å². The summed E-state index contributed by atoms with van der Waals surface area (Å²) in [5.74, 6) is -1.03. The van der Waals surface area contributed by atoms with Crippen LogP contribution in [0.5, 0.6) is 11.5 Å². The Morgan fingerprint density at radius 2 is 1.02 bits per heavy atom. The van der Waals surface area contributed by atoms with E-state index in [1.807, 2.05) is 169 Å². The van der Waals surface area contributed by atoms with Crippen molar-refractivity contribution < 1.29 is 48.8 Å². The van der Waals surface area contributed by atoms with Crippen molar-refractivity contribution >= 4 is 81.4 Å². The first-order valence-electron chi connectivity index (χ1n) is 45.7. The minimum Gasteiger partial charge on any atom is -0.507 e. The Morgan fingerprint density at radius 3 is 1.52 bits per heavy atom. The molecule has 7 fully saturated rings. The predicted octanol–water partition coefficient (Wildman–Crippen LogP) is 11.5. The van der Waals surface area contributed by atoms with Gasteiger partial charge in [-0.2, -0.15) is 5.10 Å². The van der Waals surface area contributed by atoms with Crippen molar-refractivity contribution in [1.29, 1.82) is 0 Å². The van der Waals surface area contributed by atoms with Crippen LogP contribution in [0.25, 0.3) is 54.5 Å². The molecule has 11 heterocycles. The highest BCUT2D eigenvalue weighted by Gasteiger charge is 2.51. The van der Waals surface area contributed by atoms with Crippen LogP contribution in [0.2, 0.25) is 0 Å². The molecule has 0 radical (unpaired) electrons. The molecule has 2 aliphatic carbocycles. The zero-order chi connectivity index (χ0) is 91.7. The van der Waals surface area contributed by atoms with Crippen molar-refractivity contribution in [3.05, 3.63) is 173 Å². The molecule has 10 N–H and O–H groups in total. The zero-order valence-electron chi connectivity index (χ0n) is 75.7. The number of phenolic OH excluding ortho intramolecular Hbond substituents is 2. The number of fused-ring (bicyclic) bond motifs is 2. The normalized spacial score (nSPS) is 22.4. The third-order valence-electron chi connectivity index (χ3n) is 27.4. The average Bonchev–Trinajstić information content (AvgIpc) is 1.68. The van der Waals surface area contributed by atoms with E-state index in [1.54, 1.807) is 59.2 Å². The maximum Gasteiger partial charge on any atom is 0.246 e. The fraction of sp³-hybridized carbons (Fsp3) is 0.474. The Morgan fingerprint density at radius 1 is 0.527 bits per heavy atom. The molecule has 2 saturated carbocycles. The number of aryl methyl sites for hydroxylation is 2. The number of carbonyl (C=O) groups excluding carboxylic acids is 6. The molecule has 34 heteroatoms. The summed E-state index contributed by atoms with van der Waals surface area (Å²) in [5, 5.41) is 55.5. The van der Waals surface area contributed by atoms with E-state index < -0.39 is 70.8 Å². The van der Waals surface area contributed by atoms with E-state index >= 15 is 9.59 Å². The molecule has 17 rings (SSSR count). The number of amides is 6. The van der Waals surface area contributed by atoms with Crippen LogP contribution in [0.3, 0.4) is 0 Å². The van der Waals surface area contributed by atoms with Crippen molar-refractivity contribution in [1.82, 2.24) is 91.0 Å². The molecule has 131 heavy (non-hydrogen) atoms. The highest BCUT2D eigenvalue weighted by atomic mass is 32.1. The number of likely N-dealkylation sites (tertiary alicyclic amines) is 3. The Kier molecular flexibility index (Phi) is 27.0. The van der Waals surface area contributed by atoms with E-state index in [4.69, 9.17) is 36.3 Å². The van der Waals surface area contributed by atoms with Crippen molar-refractivity contribution in [2.24, 2.45) is 28.6 Å². The van der Waals surface area contributed by atoms with Crippen LogP contribution < -0.4 is 42.5 Å². The van der Waals surface area contributed by atoms with Crippen LogP contribution in [0.15, 0.2) is 145 Å². The predicted molar refractivity (Wildman–Crippen MR) is 501 cm³/mol. The molecule has 4 aromatic carbocycles. The standard InChI is InChI=1S/C97H118N22O10S2/c1-56-83(130-54-104-56)62-24-18-58(19-25-62)42-100-91(124)79-38-71(52-116(79)93(126)85(96(3,4)5)107-89(122)64-28-22-60(23-29-64)47-113(9)48-61-44-102-95(103-45-61)119-68-30-31-69(119)51-115(50-68)78-41-77(110-112-88(78)99)74-15-11-13-17-82(74)121)128-129-72-39-80(92(125)101-43-59-20-26-63(27-21-59)84-57(2)105-55-131-84)117(53-72)94(127)86(97(6,7)8)108-90(123)65-36-70(37-65)114-34-32-67(33-35-114)118-49-66(46-106-118)75-40-76(109-111-87(75)98)73-14-10-12-16-81(73)120/h10-21,24-27,40-41,44-46,49,54-55,60,64-65,67-72,79-80,85-86,120-121H,22-23,28-39,42-43,47-48,50-53H2,1-9H3,(H2,98,111)(H2,99,112)(H,100,124)(H,101,125)(H,107,122)(H,108,123)/t60-,64+,65?,68?,69?,70?,71-,72-,79+,80+,85-,86-/m1/s1. The molecule has 6 aromatic heterocycles. The van der Waals surface area contributed by atoms with Crippen LogP contribution >= 0.6 is 22.7 Å². The Labute approximate surface area is 771 Å². The number of hydrogen-bond donors (Lipinski definition) is 8. The van der Waals surface area contributed by atoms with Crippen LogP contribution in [-0.4, -0.2) is 223 Å². The van der Waals surface area contributed by atoms with Gasteiger partial charge in [0.25, 0.3) is 0 Å². The highest BCUT2D eigenvalue weighted by molar-refractivity contribution is 7.13. The van der Waals surface area contributed by atoms with Crippen molar-refractivity contribution in [3.8, 4) is 66.0 Å². The van der Waals surface area contributed by atoms with Gasteiger partial charge in [-0.3, -0.25) is 33.4 Å². The molecule has 5 saturated heterocycles. The number of nitrogen functional groups attached to an aromatic ring is 2. The summed E-state index contributed by atoms with van der Waals surface area (Å²) >= 11 is 3.11. The van der Waals surface area contributed by atoms with E-state index in [2.05, 4.69) is 78.3 Å². The fourth-order valence-corrected chi connectivity index (χ4v) is 21.6. The number of benzene rings is 4. The lowest BCUT2D eigenvalue weighted by Crippen LogP contribution is -2.60. The van der Waals surface area contributed by atoms with E-state index in [0.717, 1.165) is 118 Å². The van der Waals surface area contributed by atoms with Gasteiger partial charge in [0.05, 0.1) is 74.6 Å². The van der Waals surface area contributed by atoms with Gasteiger partial charge in [-0.15, -0.1) is 43.1 Å². The van der Waals surface area contributed by atoms with Crippen LogP contribution in [0, 0.1) is 42.4 Å². The molecule has 2 unspecified atom stereocenters. The Bertz CT molecular complexity index is 5750. The molecule has 2 bridgehead atoms. The topological polar surface area (TPSA) is 402 Å². The number of hydrogen-bond acceptors (Lipinski definition) is 27. The third kappa shape index (κ3) is 20.4. The molecular formula is C97H118N22O10S2. The fourth-order valence-electron chi connectivity index (χ4n) is 20.0. The second-order valence-electron chi connectivity index (χ2n) is 38.8. The quantitative estimate of drug-likeness (QED) is 0.0167. The first-order chi connectivity index (χ1) is 63.0. The minimum atomic E-state index is -1.06. The van der Waals surface area contributed by atoms with Crippen LogP contribution in [-0.2, 0) is 58.2 Å². The minimum absolute atomic E-state index is 0.0205. The van der Waals surface area contributed by atoms with Gasteiger partial charge in [-0.1, -0.05) is 114 Å². The lowest BCUT2D eigenvalue weighted by molar-refractivity contribution is -0.345. The van der Waals surface area contributed by atoms with Gasteiger partial charge in [0, 0.05) is 142 Å². The first-order valence-corrected chi connectivity index (χ1v) is 47.5. The van der Waals surface area contributed by atoms with Gasteiger partial charge in [0.1, 0.15) is 47.9 Å². The second-order valence-corrected chi connectivity index (χ2v) is 40.5. The number of piperidine rings is 1. The molecule has 0 spiro atoms. The number of nitrogens with two attached hydrogens (primary N) is 2. The van der Waals surface area contributed by atoms with E-state index in [9.17, 15) is 29.4 Å². The number of para-hydroxylation sites is 2. The number of piperazine rings is 1. The van der Waals surface area contributed by atoms with Crippen LogP contribution in [0.4, 0.5) is 23.3 Å². The largest absolute Gasteiger partial charge is 0.507 e. The maximum atomic E-state index is 15.6. The molecule has 32 nitrogen and oxygen atoms in total. The number of thiazole rings is 2. The van der Waals surface area contributed by atoms with Crippen molar-refractivity contribution in [3.63, 3.8) is 0 Å². The summed E-state index contributed by atoms with van der Waals surface area (Å²) in [7, 11) is 2.10. The summed E-state index contributed by atoms with van der Waals surface area (Å²) < 4.78 is 1.98. The number of carbonyl (C=O) groups is 6. The Balaban J connectivity index is 0.528. The monoisotopic (exact) mass is 1810 g/mol. The average molecular weight is 1820 g/mol. The van der Waals surface area contributed by atoms with Crippen molar-refractivity contribution in [2.45, 2.75) is 213 Å². The van der Waals surface area contributed by atoms with E-state index in [0.29, 0.717) is 91.1 Å². The lowest BCUT2D eigenvalue weighted by Gasteiger charge is -2.45. The van der Waals surface area contributed by atoms with Gasteiger partial charge in [0.15, 0.2) is 11.6 Å². The molecule has 7 aliphatic rings. The first kappa shape index (κ1) is 91.0. The third-order valence-corrected chi connectivity index (χ3v) is 29.4. The van der Waals surface area contributed by atoms with E-state index in [-0.39, 0.29) is 104 Å². The van der Waals surface area contributed by atoms with Gasteiger partial charge in [-0.05, 0) is 161 Å². The maximum absolute atomic E-state index is 15.6. The molecular weight excluding hydrogens is 1700 g/mol. The number of aromatic nitrogens is 10. The smallest absolute Gasteiger partial charge is 0.246 e. The number of aromatic hydroxyl groups is 2. The number of phenols is 2. The summed E-state index contributed by atoms with van der Waals surface area (Å²) in [6, 6.07) is 30.0. The summed E-state index contributed by atoms with van der Waals surface area (Å²) in [4.78, 5) is 136. The van der Waals surface area contributed by atoms with Gasteiger partial charge in [0.2, 0.25) is 41.4 Å². The number of nitrogens with zero attached hydrogens (tertiary/aromatic N) is 16. The molecule has 8 atom stereocenters. The number of anilines is 4. The summed E-state index contributed by atoms with van der Waals surface area (Å²) in [6.07, 6.45) is 13.7. The SMILES string of the molecule is Cc1ncsc1-c1ccc(CNC(=O)[C@@H]2C[C@@H](OO[C@@H]3C[C@@H](C(=O)NCc4ccc(-c5scnc5C)cc4)N(C(=O)[C@@H](NC(=O)[C@H]4CC[C@@H](CN(C)Cc5cnc(N6C7CCC6CN(c6cc(-c8ccccc8O)nnc6N)C7)nc5)CC4)C(C)(C)C)C3)CN2C(=O)[C@@H](NC(=O)C2CC(N3CCC(n4cc(-c5cc(-c6ccccc6O)nnc5N)cn4)CC3)C2)C(C)(C)C)cc1.